The van der Waals surface area contributed by atoms with E-state index in [9.17, 15) is 13.2 Å². The molecule has 0 fully saturated rings. The van der Waals surface area contributed by atoms with Crippen LogP contribution in [0.15, 0.2) is 48.5 Å². The molecule has 1 amide bonds. The third-order valence-electron chi connectivity index (χ3n) is 4.34. The molecule has 1 unspecified atom stereocenters. The van der Waals surface area contributed by atoms with Crippen molar-refractivity contribution in [1.82, 2.24) is 10.2 Å². The highest BCUT2D eigenvalue weighted by Crippen LogP contribution is 2.28. The summed E-state index contributed by atoms with van der Waals surface area (Å²) in [4.78, 5) is 12.8. The van der Waals surface area contributed by atoms with Crippen molar-refractivity contribution in [1.29, 1.82) is 0 Å². The molecule has 1 atom stereocenters. The van der Waals surface area contributed by atoms with Crippen LogP contribution in [0.3, 0.4) is 0 Å². The highest BCUT2D eigenvalue weighted by atomic mass is 32.2. The van der Waals surface area contributed by atoms with Crippen LogP contribution in [0.5, 0.6) is 5.75 Å². The van der Waals surface area contributed by atoms with Crippen molar-refractivity contribution in [3.63, 3.8) is 0 Å². The molecule has 10 heteroatoms. The number of carbonyl (C=O) groups is 1. The minimum absolute atomic E-state index is 0.287. The fourth-order valence-corrected chi connectivity index (χ4v) is 4.83. The first-order valence-electron chi connectivity index (χ1n) is 9.04. The van der Waals surface area contributed by atoms with Gasteiger partial charge in [0.05, 0.1) is 19.1 Å². The van der Waals surface area contributed by atoms with Gasteiger partial charge in [0.25, 0.3) is 0 Å². The van der Waals surface area contributed by atoms with Crippen molar-refractivity contribution in [2.45, 2.75) is 19.9 Å². The van der Waals surface area contributed by atoms with E-state index in [1.165, 1.54) is 18.3 Å². The lowest BCUT2D eigenvalue weighted by Gasteiger charge is -2.28. The number of anilines is 2. The summed E-state index contributed by atoms with van der Waals surface area (Å²) in [5, 5.41) is 11.7. The van der Waals surface area contributed by atoms with Gasteiger partial charge in [0.1, 0.15) is 16.8 Å². The summed E-state index contributed by atoms with van der Waals surface area (Å²) < 4.78 is 31.0. The molecular weight excluding hydrogens is 424 g/mol. The van der Waals surface area contributed by atoms with E-state index in [1.807, 2.05) is 37.3 Å². The number of nitrogens with zero attached hydrogens (tertiary/aromatic N) is 3. The van der Waals surface area contributed by atoms with Gasteiger partial charge in [-0.1, -0.05) is 23.5 Å². The molecular formula is C20H22N4O4S2. The van der Waals surface area contributed by atoms with E-state index in [-0.39, 0.29) is 5.13 Å². The lowest BCUT2D eigenvalue weighted by Crippen LogP contribution is -2.45. The van der Waals surface area contributed by atoms with Gasteiger partial charge in [-0.25, -0.2) is 8.42 Å². The second-order valence-electron chi connectivity index (χ2n) is 6.70. The Morgan fingerprint density at radius 1 is 1.17 bits per heavy atom. The maximum Gasteiger partial charge on any atom is 0.249 e. The van der Waals surface area contributed by atoms with Crippen molar-refractivity contribution in [2.24, 2.45) is 0 Å². The summed E-state index contributed by atoms with van der Waals surface area (Å²) in [6.45, 7) is 3.39. The Morgan fingerprint density at radius 3 is 2.47 bits per heavy atom. The predicted octanol–water partition coefficient (Wildman–Crippen LogP) is 3.32. The molecule has 0 spiro atoms. The number of sulfonamides is 1. The zero-order valence-corrected chi connectivity index (χ0v) is 18.6. The van der Waals surface area contributed by atoms with Crippen LogP contribution in [0, 0.1) is 6.92 Å². The minimum Gasteiger partial charge on any atom is -0.497 e. The fourth-order valence-electron chi connectivity index (χ4n) is 2.91. The van der Waals surface area contributed by atoms with E-state index in [0.29, 0.717) is 10.7 Å². The Hall–Kier alpha value is -2.98. The van der Waals surface area contributed by atoms with E-state index < -0.39 is 22.0 Å². The molecule has 1 heterocycles. The van der Waals surface area contributed by atoms with Crippen LogP contribution >= 0.6 is 11.3 Å². The molecule has 3 aromatic rings. The molecule has 3 rings (SSSR count). The van der Waals surface area contributed by atoms with Crippen LogP contribution < -0.4 is 14.4 Å². The first kappa shape index (κ1) is 21.7. The molecule has 158 valence electrons. The van der Waals surface area contributed by atoms with E-state index in [2.05, 4.69) is 15.5 Å². The largest absolute Gasteiger partial charge is 0.497 e. The van der Waals surface area contributed by atoms with Crippen LogP contribution in [-0.4, -0.2) is 43.9 Å². The Balaban J connectivity index is 1.79. The number of aromatic nitrogens is 2. The molecule has 0 saturated carbocycles. The fraction of sp³-hybridized carbons (Fsp3) is 0.250. The standard InChI is InChI=1S/C20H22N4O4S2/c1-13-6-5-7-16(12-13)24(30(4,26)27)14(2)18(25)21-20-23-22-19(29-20)15-8-10-17(28-3)11-9-15/h5-12,14H,1-4H3,(H,21,23,25). The molecule has 1 N–H and O–H groups in total. The molecule has 0 bridgehead atoms. The number of carbonyl (C=O) groups excluding carboxylic acids is 1. The molecule has 0 saturated heterocycles. The van der Waals surface area contributed by atoms with Gasteiger partial charge in [-0.05, 0) is 55.8 Å². The van der Waals surface area contributed by atoms with Gasteiger partial charge in [0.15, 0.2) is 0 Å². The van der Waals surface area contributed by atoms with E-state index >= 15 is 0 Å². The first-order chi connectivity index (χ1) is 14.2. The van der Waals surface area contributed by atoms with Gasteiger partial charge in [-0.3, -0.25) is 14.4 Å². The number of hydrogen-bond acceptors (Lipinski definition) is 7. The molecule has 0 radical (unpaired) electrons. The van der Waals surface area contributed by atoms with Crippen molar-refractivity contribution in [3.8, 4) is 16.3 Å². The van der Waals surface area contributed by atoms with Crippen molar-refractivity contribution in [2.75, 3.05) is 23.0 Å². The second-order valence-corrected chi connectivity index (χ2v) is 9.54. The quantitative estimate of drug-likeness (QED) is 0.597. The molecule has 0 aliphatic heterocycles. The molecule has 0 aliphatic carbocycles. The number of amides is 1. The normalized spacial score (nSPS) is 12.3. The third kappa shape index (κ3) is 4.95. The summed E-state index contributed by atoms with van der Waals surface area (Å²) in [6.07, 6.45) is 1.08. The van der Waals surface area contributed by atoms with Gasteiger partial charge in [-0.15, -0.1) is 10.2 Å². The average Bonchev–Trinajstić information content (AvgIpc) is 3.15. The maximum absolute atomic E-state index is 12.8. The highest BCUT2D eigenvalue weighted by molar-refractivity contribution is 7.92. The summed E-state index contributed by atoms with van der Waals surface area (Å²) in [7, 11) is -2.10. The number of ether oxygens (including phenoxy) is 1. The minimum atomic E-state index is -3.69. The SMILES string of the molecule is COc1ccc(-c2nnc(NC(=O)C(C)N(c3cccc(C)c3)S(C)(=O)=O)s2)cc1. The van der Waals surface area contributed by atoms with Gasteiger partial charge in [0, 0.05) is 5.56 Å². The Labute approximate surface area is 179 Å². The smallest absolute Gasteiger partial charge is 0.249 e. The summed E-state index contributed by atoms with van der Waals surface area (Å²) in [5.41, 5.74) is 2.15. The topological polar surface area (TPSA) is 101 Å². The Morgan fingerprint density at radius 2 is 1.87 bits per heavy atom. The van der Waals surface area contributed by atoms with Crippen molar-refractivity contribution < 1.29 is 17.9 Å². The highest BCUT2D eigenvalue weighted by Gasteiger charge is 2.29. The summed E-state index contributed by atoms with van der Waals surface area (Å²) in [5.74, 6) is 0.224. The van der Waals surface area contributed by atoms with Gasteiger partial charge < -0.3 is 4.74 Å². The number of benzene rings is 2. The monoisotopic (exact) mass is 446 g/mol. The number of rotatable bonds is 7. The van der Waals surface area contributed by atoms with Crippen molar-refractivity contribution >= 4 is 38.1 Å². The zero-order chi connectivity index (χ0) is 21.9. The van der Waals surface area contributed by atoms with Crippen molar-refractivity contribution in [3.05, 3.63) is 54.1 Å². The van der Waals surface area contributed by atoms with Gasteiger partial charge in [0.2, 0.25) is 21.1 Å². The lowest BCUT2D eigenvalue weighted by atomic mass is 10.2. The van der Waals surface area contributed by atoms with E-state index in [4.69, 9.17) is 4.74 Å². The molecule has 30 heavy (non-hydrogen) atoms. The van der Waals surface area contributed by atoms with Crippen LogP contribution in [-0.2, 0) is 14.8 Å². The molecule has 1 aromatic heterocycles. The molecule has 0 aliphatic rings. The average molecular weight is 447 g/mol. The number of methoxy groups -OCH3 is 1. The van der Waals surface area contributed by atoms with Crippen LogP contribution in [0.1, 0.15) is 12.5 Å². The molecule has 2 aromatic carbocycles. The summed E-state index contributed by atoms with van der Waals surface area (Å²) >= 11 is 1.20. The van der Waals surface area contributed by atoms with E-state index in [1.54, 1.807) is 25.3 Å². The predicted molar refractivity (Wildman–Crippen MR) is 118 cm³/mol. The van der Waals surface area contributed by atoms with Crippen LogP contribution in [0.25, 0.3) is 10.6 Å². The van der Waals surface area contributed by atoms with Gasteiger partial charge >= 0.3 is 0 Å². The Kier molecular flexibility index (Phi) is 6.37. The maximum atomic E-state index is 12.8. The summed E-state index contributed by atoms with van der Waals surface area (Å²) in [6, 6.07) is 13.3. The second kappa shape index (κ2) is 8.80. The zero-order valence-electron chi connectivity index (χ0n) is 17.0. The molecule has 8 nitrogen and oxygen atoms in total. The third-order valence-corrected chi connectivity index (χ3v) is 6.47. The van der Waals surface area contributed by atoms with E-state index in [0.717, 1.165) is 27.4 Å². The Bertz CT molecular complexity index is 1140. The van der Waals surface area contributed by atoms with Gasteiger partial charge in [-0.2, -0.15) is 0 Å². The van der Waals surface area contributed by atoms with Crippen LogP contribution in [0.4, 0.5) is 10.8 Å². The van der Waals surface area contributed by atoms with Crippen LogP contribution in [0.2, 0.25) is 0 Å². The first-order valence-corrected chi connectivity index (χ1v) is 11.7. The number of nitrogens with one attached hydrogen (secondary N) is 1. The number of aryl methyl sites for hydroxylation is 1. The number of hydrogen-bond donors (Lipinski definition) is 1. The lowest BCUT2D eigenvalue weighted by molar-refractivity contribution is -0.116.